The summed E-state index contributed by atoms with van der Waals surface area (Å²) in [4.78, 5) is 11.8. The fourth-order valence-corrected chi connectivity index (χ4v) is 1.99. The van der Waals surface area contributed by atoms with Crippen LogP contribution in [0.5, 0.6) is 5.75 Å². The van der Waals surface area contributed by atoms with E-state index in [0.717, 1.165) is 0 Å². The summed E-state index contributed by atoms with van der Waals surface area (Å²) < 4.78 is 5.26. The largest absolute Gasteiger partial charge is 0.508 e. The normalized spacial score (nSPS) is 32.7. The summed E-state index contributed by atoms with van der Waals surface area (Å²) in [5.74, 6) is -0.462. The molecule has 0 saturated carbocycles. The first kappa shape index (κ1) is 15.7. The number of amides is 1. The van der Waals surface area contributed by atoms with E-state index in [2.05, 4.69) is 10.9 Å². The number of phenolic OH excluding ortho intramolecular Hbond substituents is 1. The average Bonchev–Trinajstić information content (AvgIpc) is 2.48. The van der Waals surface area contributed by atoms with Crippen molar-refractivity contribution in [2.24, 2.45) is 0 Å². The molecule has 21 heavy (non-hydrogen) atoms. The zero-order valence-electron chi connectivity index (χ0n) is 11.3. The van der Waals surface area contributed by atoms with E-state index < -0.39 is 36.6 Å². The topological polar surface area (TPSA) is 131 Å². The van der Waals surface area contributed by atoms with Crippen LogP contribution in [0.1, 0.15) is 17.3 Å². The van der Waals surface area contributed by atoms with Gasteiger partial charge in [-0.25, -0.2) is 5.43 Å². The molecule has 2 rings (SSSR count). The maximum absolute atomic E-state index is 11.8. The van der Waals surface area contributed by atoms with E-state index >= 15 is 0 Å². The van der Waals surface area contributed by atoms with Gasteiger partial charge in [0.05, 0.1) is 6.10 Å². The number of aliphatic hydroxyl groups excluding tert-OH is 3. The molecule has 1 heterocycles. The summed E-state index contributed by atoms with van der Waals surface area (Å²) in [6.07, 6.45) is -5.73. The van der Waals surface area contributed by atoms with Gasteiger partial charge in [0.15, 0.2) is 6.23 Å². The van der Waals surface area contributed by atoms with Gasteiger partial charge in [-0.2, -0.15) is 0 Å². The van der Waals surface area contributed by atoms with Crippen LogP contribution in [0.25, 0.3) is 0 Å². The number of hydrogen-bond donors (Lipinski definition) is 6. The molecular formula is C13H18N2O6. The molecule has 1 aromatic carbocycles. The lowest BCUT2D eigenvalue weighted by molar-refractivity contribution is -0.226. The van der Waals surface area contributed by atoms with Gasteiger partial charge in [0.25, 0.3) is 5.91 Å². The molecule has 5 atom stereocenters. The number of benzene rings is 1. The summed E-state index contributed by atoms with van der Waals surface area (Å²) in [7, 11) is 0. The molecule has 116 valence electrons. The maximum Gasteiger partial charge on any atom is 0.265 e. The van der Waals surface area contributed by atoms with Crippen molar-refractivity contribution in [3.05, 3.63) is 29.8 Å². The Kier molecular flexibility index (Phi) is 4.76. The van der Waals surface area contributed by atoms with Crippen molar-refractivity contribution >= 4 is 5.91 Å². The predicted octanol–water partition coefficient (Wildman–Crippen LogP) is -1.55. The number of carbonyl (C=O) groups is 1. The highest BCUT2D eigenvalue weighted by molar-refractivity contribution is 5.93. The minimum Gasteiger partial charge on any atom is -0.508 e. The second-order valence-electron chi connectivity index (χ2n) is 4.88. The minimum absolute atomic E-state index is 0.0384. The molecule has 1 saturated heterocycles. The van der Waals surface area contributed by atoms with Crippen molar-refractivity contribution in [1.82, 2.24) is 10.9 Å². The lowest BCUT2D eigenvalue weighted by atomic mass is 9.99. The van der Waals surface area contributed by atoms with Crippen molar-refractivity contribution in [2.75, 3.05) is 0 Å². The SMILES string of the molecule is C[C@H]1O[C@@H](NNC(=O)c2ccc(O)cc2)[C@@H](O)[C@@H](O)[C@@H]1O. The molecule has 1 fully saturated rings. The highest BCUT2D eigenvalue weighted by Gasteiger charge is 2.41. The number of phenols is 1. The van der Waals surface area contributed by atoms with E-state index in [1.165, 1.54) is 31.2 Å². The second-order valence-corrected chi connectivity index (χ2v) is 4.88. The number of hydrogen-bond acceptors (Lipinski definition) is 7. The van der Waals surface area contributed by atoms with Crippen LogP contribution in [0.15, 0.2) is 24.3 Å². The van der Waals surface area contributed by atoms with Crippen LogP contribution in [-0.2, 0) is 4.74 Å². The summed E-state index contributed by atoms with van der Waals surface area (Å²) >= 11 is 0. The van der Waals surface area contributed by atoms with Crippen LogP contribution in [0.3, 0.4) is 0 Å². The second kappa shape index (κ2) is 6.37. The number of aromatic hydroxyl groups is 1. The van der Waals surface area contributed by atoms with Crippen LogP contribution in [0, 0.1) is 0 Å². The third-order valence-corrected chi connectivity index (χ3v) is 3.31. The molecule has 0 aromatic heterocycles. The molecule has 8 nitrogen and oxygen atoms in total. The van der Waals surface area contributed by atoms with Crippen LogP contribution in [0.4, 0.5) is 0 Å². The molecule has 1 amide bonds. The fraction of sp³-hybridized carbons (Fsp3) is 0.462. The summed E-state index contributed by atoms with van der Waals surface area (Å²) in [5.41, 5.74) is 5.08. The summed E-state index contributed by atoms with van der Waals surface area (Å²) in [6, 6.07) is 5.57. The highest BCUT2D eigenvalue weighted by atomic mass is 16.5. The van der Waals surface area contributed by atoms with Crippen LogP contribution in [0.2, 0.25) is 0 Å². The van der Waals surface area contributed by atoms with Gasteiger partial charge in [-0.15, -0.1) is 0 Å². The van der Waals surface area contributed by atoms with Gasteiger partial charge in [-0.05, 0) is 31.2 Å². The first-order chi connectivity index (χ1) is 9.90. The van der Waals surface area contributed by atoms with Crippen molar-refractivity contribution in [2.45, 2.75) is 37.6 Å². The Balaban J connectivity index is 1.93. The highest BCUT2D eigenvalue weighted by Crippen LogP contribution is 2.19. The maximum atomic E-state index is 11.8. The monoisotopic (exact) mass is 298 g/mol. The zero-order chi connectivity index (χ0) is 15.6. The molecule has 1 aliphatic rings. The van der Waals surface area contributed by atoms with Gasteiger partial charge in [-0.1, -0.05) is 0 Å². The molecule has 8 heteroatoms. The molecule has 6 N–H and O–H groups in total. The number of rotatable bonds is 3. The van der Waals surface area contributed by atoms with Gasteiger partial charge in [0, 0.05) is 5.56 Å². The van der Waals surface area contributed by atoms with E-state index in [-0.39, 0.29) is 5.75 Å². The predicted molar refractivity (Wildman–Crippen MR) is 71.1 cm³/mol. The molecular weight excluding hydrogens is 280 g/mol. The van der Waals surface area contributed by atoms with E-state index in [1.54, 1.807) is 0 Å². The molecule has 0 radical (unpaired) electrons. The van der Waals surface area contributed by atoms with Gasteiger partial charge in [0.1, 0.15) is 24.1 Å². The number of carbonyl (C=O) groups excluding carboxylic acids is 1. The van der Waals surface area contributed by atoms with E-state index in [1.807, 2.05) is 0 Å². The van der Waals surface area contributed by atoms with E-state index in [4.69, 9.17) is 9.84 Å². The van der Waals surface area contributed by atoms with Gasteiger partial charge in [-0.3, -0.25) is 10.2 Å². The molecule has 0 spiro atoms. The van der Waals surface area contributed by atoms with Gasteiger partial charge < -0.3 is 25.2 Å². The Morgan fingerprint density at radius 2 is 1.71 bits per heavy atom. The molecule has 1 aromatic rings. The fourth-order valence-electron chi connectivity index (χ4n) is 1.99. The Hall–Kier alpha value is -1.71. The Morgan fingerprint density at radius 1 is 1.10 bits per heavy atom. The van der Waals surface area contributed by atoms with Crippen LogP contribution < -0.4 is 10.9 Å². The zero-order valence-corrected chi connectivity index (χ0v) is 11.3. The Morgan fingerprint density at radius 3 is 2.33 bits per heavy atom. The van der Waals surface area contributed by atoms with Crippen molar-refractivity contribution < 1.29 is 30.0 Å². The summed E-state index contributed by atoms with van der Waals surface area (Å²) in [6.45, 7) is 1.54. The molecule has 1 aliphatic heterocycles. The van der Waals surface area contributed by atoms with Gasteiger partial charge in [0.2, 0.25) is 0 Å². The Bertz CT molecular complexity index is 494. The lowest BCUT2D eigenvalue weighted by Crippen LogP contribution is -2.63. The third-order valence-electron chi connectivity index (χ3n) is 3.31. The van der Waals surface area contributed by atoms with Crippen molar-refractivity contribution in [3.63, 3.8) is 0 Å². The van der Waals surface area contributed by atoms with E-state index in [0.29, 0.717) is 5.56 Å². The lowest BCUT2D eigenvalue weighted by Gasteiger charge is -2.39. The Labute approximate surface area is 121 Å². The van der Waals surface area contributed by atoms with Crippen molar-refractivity contribution in [3.8, 4) is 5.75 Å². The van der Waals surface area contributed by atoms with Crippen LogP contribution >= 0.6 is 0 Å². The molecule has 0 bridgehead atoms. The third kappa shape index (κ3) is 3.49. The van der Waals surface area contributed by atoms with E-state index in [9.17, 15) is 20.1 Å². The van der Waals surface area contributed by atoms with Crippen LogP contribution in [-0.4, -0.2) is 57.0 Å². The first-order valence-electron chi connectivity index (χ1n) is 6.44. The number of aliphatic hydroxyl groups is 3. The smallest absolute Gasteiger partial charge is 0.265 e. The minimum atomic E-state index is -1.39. The number of hydrazine groups is 1. The summed E-state index contributed by atoms with van der Waals surface area (Å²) in [5, 5.41) is 38.1. The standard InChI is InChI=1S/C13H18N2O6/c1-6-9(17)10(18)11(19)13(21-6)15-14-12(20)7-2-4-8(16)5-3-7/h2-6,9-11,13,15-19H,1H3,(H,14,20)/t6-,9-,10+,11+,13-/m1/s1. The average molecular weight is 298 g/mol. The van der Waals surface area contributed by atoms with Gasteiger partial charge >= 0.3 is 0 Å². The number of nitrogens with one attached hydrogen (secondary N) is 2. The quantitative estimate of drug-likeness (QED) is 0.373. The first-order valence-corrected chi connectivity index (χ1v) is 6.44. The van der Waals surface area contributed by atoms with Crippen molar-refractivity contribution in [1.29, 1.82) is 0 Å². The molecule has 0 unspecified atom stereocenters. The number of ether oxygens (including phenoxy) is 1. The molecule has 0 aliphatic carbocycles.